The van der Waals surface area contributed by atoms with Crippen molar-refractivity contribution in [3.05, 3.63) is 59.7 Å². The van der Waals surface area contributed by atoms with Crippen molar-refractivity contribution in [3.63, 3.8) is 0 Å². The Kier molecular flexibility index (Phi) is 7.01. The first kappa shape index (κ1) is 22.8. The number of hydrogen-bond acceptors (Lipinski definition) is 5. The molecule has 1 amide bonds. The predicted molar refractivity (Wildman–Crippen MR) is 109 cm³/mol. The van der Waals surface area contributed by atoms with Gasteiger partial charge in [-0.1, -0.05) is 0 Å². The highest BCUT2D eigenvalue weighted by atomic mass is 32.2. The molecule has 1 fully saturated rings. The maximum absolute atomic E-state index is 14.5. The number of nitrogens with zero attached hydrogens (tertiary/aromatic N) is 1. The van der Waals surface area contributed by atoms with Crippen LogP contribution < -0.4 is 5.32 Å². The van der Waals surface area contributed by atoms with Crippen LogP contribution in [-0.2, 0) is 19.6 Å². The lowest BCUT2D eigenvalue weighted by Gasteiger charge is -2.30. The van der Waals surface area contributed by atoms with Gasteiger partial charge in [0.05, 0.1) is 23.1 Å². The smallest absolute Gasteiger partial charge is 0.309 e. The second-order valence-electron chi connectivity index (χ2n) is 7.03. The third-order valence-electron chi connectivity index (χ3n) is 5.01. The van der Waals surface area contributed by atoms with Crippen molar-refractivity contribution in [2.75, 3.05) is 25.0 Å². The number of carbonyl (C=O) groups is 2. The summed E-state index contributed by atoms with van der Waals surface area (Å²) >= 11 is 0. The fourth-order valence-corrected chi connectivity index (χ4v) is 4.78. The summed E-state index contributed by atoms with van der Waals surface area (Å²) in [4.78, 5) is 23.7. The molecule has 0 radical (unpaired) electrons. The number of carbonyl (C=O) groups excluding carboxylic acids is 2. The fraction of sp³-hybridized carbons (Fsp3) is 0.333. The predicted octanol–water partition coefficient (Wildman–Crippen LogP) is 3.18. The number of amides is 1. The first-order chi connectivity index (χ1) is 14.7. The van der Waals surface area contributed by atoms with E-state index in [0.717, 1.165) is 24.3 Å². The lowest BCUT2D eigenvalue weighted by Crippen LogP contribution is -2.40. The van der Waals surface area contributed by atoms with E-state index in [1.165, 1.54) is 22.5 Å². The molecule has 2 aromatic rings. The molecule has 1 aliphatic heterocycles. The second-order valence-corrected chi connectivity index (χ2v) is 8.97. The number of benzene rings is 2. The number of ether oxygens (including phenoxy) is 1. The lowest BCUT2D eigenvalue weighted by molar-refractivity contribution is -0.149. The van der Waals surface area contributed by atoms with Crippen LogP contribution in [0.15, 0.2) is 47.4 Å². The molecule has 10 heteroatoms. The Labute approximate surface area is 179 Å². The number of piperidine rings is 1. The fourth-order valence-electron chi connectivity index (χ4n) is 3.29. The van der Waals surface area contributed by atoms with Crippen molar-refractivity contribution in [2.45, 2.75) is 24.7 Å². The molecule has 3 rings (SSSR count). The van der Waals surface area contributed by atoms with Crippen LogP contribution in [0.3, 0.4) is 0 Å². The van der Waals surface area contributed by atoms with E-state index in [0.29, 0.717) is 12.8 Å². The van der Waals surface area contributed by atoms with E-state index in [9.17, 15) is 26.8 Å². The van der Waals surface area contributed by atoms with Crippen LogP contribution in [0.1, 0.15) is 30.1 Å². The maximum atomic E-state index is 14.5. The summed E-state index contributed by atoms with van der Waals surface area (Å²) < 4.78 is 59.4. The largest absolute Gasteiger partial charge is 0.466 e. The van der Waals surface area contributed by atoms with Gasteiger partial charge in [-0.05, 0) is 62.2 Å². The van der Waals surface area contributed by atoms with Crippen molar-refractivity contribution in [3.8, 4) is 0 Å². The molecule has 0 unspecified atom stereocenters. The highest BCUT2D eigenvalue weighted by Crippen LogP contribution is 2.27. The van der Waals surface area contributed by atoms with Crippen molar-refractivity contribution in [1.82, 2.24) is 4.31 Å². The Morgan fingerprint density at radius 1 is 1.10 bits per heavy atom. The van der Waals surface area contributed by atoms with Crippen molar-refractivity contribution < 1.29 is 31.5 Å². The number of halogens is 2. The standard InChI is InChI=1S/C21H22F2N2O5S/c1-2-30-21(27)15-9-11-25(12-10-15)31(28,29)17-7-8-19(18(23)13-17)24-20(26)14-3-5-16(22)6-4-14/h3-8,13,15H,2,9-12H2,1H3,(H,24,26). The quantitative estimate of drug-likeness (QED) is 0.680. The van der Waals surface area contributed by atoms with Gasteiger partial charge in [-0.15, -0.1) is 0 Å². The van der Waals surface area contributed by atoms with Crippen LogP contribution in [0.2, 0.25) is 0 Å². The molecule has 0 spiro atoms. The van der Waals surface area contributed by atoms with E-state index in [-0.39, 0.29) is 47.7 Å². The first-order valence-corrected chi connectivity index (χ1v) is 11.2. The monoisotopic (exact) mass is 452 g/mol. The van der Waals surface area contributed by atoms with Crippen LogP contribution in [-0.4, -0.2) is 44.3 Å². The summed E-state index contributed by atoms with van der Waals surface area (Å²) in [6.45, 7) is 2.21. The van der Waals surface area contributed by atoms with Gasteiger partial charge in [-0.25, -0.2) is 17.2 Å². The number of esters is 1. The molecule has 166 valence electrons. The van der Waals surface area contributed by atoms with E-state index in [1.807, 2.05) is 0 Å². The summed E-state index contributed by atoms with van der Waals surface area (Å²) in [5, 5.41) is 2.34. The maximum Gasteiger partial charge on any atom is 0.309 e. The molecule has 1 heterocycles. The SMILES string of the molecule is CCOC(=O)C1CCN(S(=O)(=O)c2ccc(NC(=O)c3ccc(F)cc3)c(F)c2)CC1. The van der Waals surface area contributed by atoms with Crippen LogP contribution in [0.5, 0.6) is 0 Å². The van der Waals surface area contributed by atoms with Crippen LogP contribution in [0, 0.1) is 17.6 Å². The Bertz CT molecular complexity index is 1070. The van der Waals surface area contributed by atoms with Crippen molar-refractivity contribution in [1.29, 1.82) is 0 Å². The van der Waals surface area contributed by atoms with Gasteiger partial charge in [0.25, 0.3) is 5.91 Å². The molecular formula is C21H22F2N2O5S. The lowest BCUT2D eigenvalue weighted by atomic mass is 9.98. The molecule has 2 aromatic carbocycles. The Morgan fingerprint density at radius 3 is 2.32 bits per heavy atom. The van der Waals surface area contributed by atoms with Gasteiger partial charge in [0.1, 0.15) is 11.6 Å². The van der Waals surface area contributed by atoms with E-state index >= 15 is 0 Å². The van der Waals surface area contributed by atoms with Gasteiger partial charge >= 0.3 is 5.97 Å². The van der Waals surface area contributed by atoms with E-state index in [2.05, 4.69) is 5.32 Å². The van der Waals surface area contributed by atoms with E-state index in [4.69, 9.17) is 4.74 Å². The van der Waals surface area contributed by atoms with Crippen LogP contribution in [0.4, 0.5) is 14.5 Å². The normalized spacial score (nSPS) is 15.5. The summed E-state index contributed by atoms with van der Waals surface area (Å²) in [5.41, 5.74) is -0.0729. The van der Waals surface area contributed by atoms with Crippen LogP contribution >= 0.6 is 0 Å². The zero-order valence-corrected chi connectivity index (χ0v) is 17.6. The third-order valence-corrected chi connectivity index (χ3v) is 6.90. The highest BCUT2D eigenvalue weighted by molar-refractivity contribution is 7.89. The summed E-state index contributed by atoms with van der Waals surface area (Å²) in [5.74, 6) is -2.78. The minimum Gasteiger partial charge on any atom is -0.466 e. The molecule has 1 aliphatic rings. The molecule has 0 aliphatic carbocycles. The average Bonchev–Trinajstić information content (AvgIpc) is 2.75. The number of anilines is 1. The third kappa shape index (κ3) is 5.26. The summed E-state index contributed by atoms with van der Waals surface area (Å²) in [7, 11) is -3.96. The molecule has 0 atom stereocenters. The van der Waals surface area contributed by atoms with E-state index in [1.54, 1.807) is 6.92 Å². The van der Waals surface area contributed by atoms with Crippen molar-refractivity contribution >= 4 is 27.6 Å². The van der Waals surface area contributed by atoms with Crippen molar-refractivity contribution in [2.24, 2.45) is 5.92 Å². The average molecular weight is 452 g/mol. The second kappa shape index (κ2) is 9.52. The van der Waals surface area contributed by atoms with Gasteiger partial charge in [-0.2, -0.15) is 4.31 Å². The molecule has 0 bridgehead atoms. The summed E-state index contributed by atoms with van der Waals surface area (Å²) in [6, 6.07) is 7.92. The van der Waals surface area contributed by atoms with Gasteiger partial charge in [0.2, 0.25) is 10.0 Å². The Morgan fingerprint density at radius 2 is 1.74 bits per heavy atom. The number of hydrogen-bond donors (Lipinski definition) is 1. The number of rotatable bonds is 6. The minimum absolute atomic E-state index is 0.122. The Balaban J connectivity index is 1.69. The molecule has 0 aromatic heterocycles. The zero-order chi connectivity index (χ0) is 22.6. The van der Waals surface area contributed by atoms with Gasteiger partial charge in [0.15, 0.2) is 0 Å². The molecule has 0 saturated carbocycles. The zero-order valence-electron chi connectivity index (χ0n) is 16.8. The van der Waals surface area contributed by atoms with Gasteiger partial charge in [0, 0.05) is 18.7 Å². The summed E-state index contributed by atoms with van der Waals surface area (Å²) in [6.07, 6.45) is 0.652. The minimum atomic E-state index is -3.96. The highest BCUT2D eigenvalue weighted by Gasteiger charge is 2.33. The number of nitrogens with one attached hydrogen (secondary N) is 1. The number of sulfonamides is 1. The molecule has 7 nitrogen and oxygen atoms in total. The van der Waals surface area contributed by atoms with E-state index < -0.39 is 27.6 Å². The molecular weight excluding hydrogens is 430 g/mol. The molecule has 1 saturated heterocycles. The van der Waals surface area contributed by atoms with Gasteiger partial charge < -0.3 is 10.1 Å². The first-order valence-electron chi connectivity index (χ1n) is 9.75. The molecule has 1 N–H and O–H groups in total. The Hall–Kier alpha value is -2.85. The van der Waals surface area contributed by atoms with Crippen LogP contribution in [0.25, 0.3) is 0 Å². The molecule has 31 heavy (non-hydrogen) atoms. The topological polar surface area (TPSA) is 92.8 Å². The van der Waals surface area contributed by atoms with Gasteiger partial charge in [-0.3, -0.25) is 9.59 Å².